The SMILES string of the molecule is CC(C)(c1c[nH]c(/C(=C2\C=CC=N2)c2ccccc2)c1)c1c[nH]c(/C(=C2\C=CC=N2)c2ccccc2)c1. The van der Waals surface area contributed by atoms with Crippen LogP contribution in [-0.4, -0.2) is 22.4 Å². The van der Waals surface area contributed by atoms with Crippen LogP contribution < -0.4 is 0 Å². The molecule has 6 rings (SSSR count). The first-order valence-corrected chi connectivity index (χ1v) is 12.5. The van der Waals surface area contributed by atoms with Gasteiger partial charge >= 0.3 is 0 Å². The molecule has 2 aliphatic rings. The molecular formula is C33H28N4. The number of aromatic amines is 2. The summed E-state index contributed by atoms with van der Waals surface area (Å²) in [5, 5.41) is 0. The van der Waals surface area contributed by atoms with Crippen molar-refractivity contribution >= 4 is 23.6 Å². The van der Waals surface area contributed by atoms with E-state index in [2.05, 4.69) is 119 Å². The minimum atomic E-state index is -0.230. The summed E-state index contributed by atoms with van der Waals surface area (Å²) in [6.45, 7) is 4.53. The zero-order valence-electron chi connectivity index (χ0n) is 20.9. The highest BCUT2D eigenvalue weighted by molar-refractivity contribution is 5.89. The van der Waals surface area contributed by atoms with Gasteiger partial charge in [-0.3, -0.25) is 9.98 Å². The third-order valence-electron chi connectivity index (χ3n) is 7.09. The molecule has 2 aliphatic heterocycles. The van der Waals surface area contributed by atoms with Crippen molar-refractivity contribution in [2.75, 3.05) is 0 Å². The fourth-order valence-corrected chi connectivity index (χ4v) is 4.95. The van der Waals surface area contributed by atoms with Gasteiger partial charge in [-0.25, -0.2) is 0 Å². The van der Waals surface area contributed by atoms with E-state index in [-0.39, 0.29) is 5.41 Å². The Morgan fingerprint density at radius 1 is 0.622 bits per heavy atom. The number of aliphatic imine (C=N–C) groups is 2. The zero-order valence-corrected chi connectivity index (χ0v) is 20.9. The second-order valence-electron chi connectivity index (χ2n) is 9.76. The highest BCUT2D eigenvalue weighted by atomic mass is 14.8. The lowest BCUT2D eigenvalue weighted by Gasteiger charge is -2.22. The maximum Gasteiger partial charge on any atom is 0.0729 e. The van der Waals surface area contributed by atoms with Gasteiger partial charge < -0.3 is 9.97 Å². The van der Waals surface area contributed by atoms with Crippen molar-refractivity contribution in [1.29, 1.82) is 0 Å². The molecule has 4 heteroatoms. The predicted octanol–water partition coefficient (Wildman–Crippen LogP) is 7.47. The van der Waals surface area contributed by atoms with Gasteiger partial charge in [0.25, 0.3) is 0 Å². The first kappa shape index (κ1) is 22.7. The molecule has 37 heavy (non-hydrogen) atoms. The number of nitrogens with zero attached hydrogens (tertiary/aromatic N) is 2. The van der Waals surface area contributed by atoms with Crippen LogP contribution in [0.15, 0.2) is 131 Å². The lowest BCUT2D eigenvalue weighted by Crippen LogP contribution is -2.17. The Morgan fingerprint density at radius 2 is 1.05 bits per heavy atom. The number of H-pyrrole nitrogens is 2. The van der Waals surface area contributed by atoms with E-state index >= 15 is 0 Å². The van der Waals surface area contributed by atoms with Gasteiger partial charge in [0, 0.05) is 52.8 Å². The van der Waals surface area contributed by atoms with E-state index in [9.17, 15) is 0 Å². The monoisotopic (exact) mass is 480 g/mol. The second-order valence-corrected chi connectivity index (χ2v) is 9.76. The van der Waals surface area contributed by atoms with Crippen molar-refractivity contribution in [2.24, 2.45) is 9.98 Å². The van der Waals surface area contributed by atoms with Crippen molar-refractivity contribution in [1.82, 2.24) is 9.97 Å². The topological polar surface area (TPSA) is 56.3 Å². The molecule has 0 spiro atoms. The molecule has 4 heterocycles. The van der Waals surface area contributed by atoms with Crippen molar-refractivity contribution < 1.29 is 0 Å². The van der Waals surface area contributed by atoms with Gasteiger partial charge in [0.15, 0.2) is 0 Å². The number of benzene rings is 2. The first-order chi connectivity index (χ1) is 18.1. The lowest BCUT2D eigenvalue weighted by atomic mass is 9.80. The van der Waals surface area contributed by atoms with Gasteiger partial charge in [0.1, 0.15) is 0 Å². The molecule has 0 aliphatic carbocycles. The van der Waals surface area contributed by atoms with Crippen LogP contribution in [0.1, 0.15) is 47.5 Å². The van der Waals surface area contributed by atoms with Crippen LogP contribution in [0.25, 0.3) is 11.1 Å². The molecule has 180 valence electrons. The van der Waals surface area contributed by atoms with Crippen molar-refractivity contribution in [3.05, 3.63) is 155 Å². The Morgan fingerprint density at radius 3 is 1.43 bits per heavy atom. The normalized spacial score (nSPS) is 17.1. The van der Waals surface area contributed by atoms with E-state index in [0.29, 0.717) is 0 Å². The van der Waals surface area contributed by atoms with E-state index in [0.717, 1.165) is 45.1 Å². The first-order valence-electron chi connectivity index (χ1n) is 12.5. The Hall–Kier alpha value is -4.70. The number of hydrogen-bond donors (Lipinski definition) is 2. The molecular weight excluding hydrogens is 452 g/mol. The van der Waals surface area contributed by atoms with Crippen molar-refractivity contribution in [3.63, 3.8) is 0 Å². The predicted molar refractivity (Wildman–Crippen MR) is 154 cm³/mol. The number of allylic oxidation sites excluding steroid dienone is 4. The van der Waals surface area contributed by atoms with Gasteiger partial charge in [-0.05, 0) is 58.7 Å². The van der Waals surface area contributed by atoms with E-state index in [1.165, 1.54) is 11.1 Å². The summed E-state index contributed by atoms with van der Waals surface area (Å²) in [5.41, 5.74) is 10.7. The maximum absolute atomic E-state index is 4.60. The molecule has 2 aromatic carbocycles. The van der Waals surface area contributed by atoms with Crippen molar-refractivity contribution in [2.45, 2.75) is 19.3 Å². The third-order valence-corrected chi connectivity index (χ3v) is 7.09. The van der Waals surface area contributed by atoms with Crippen LogP contribution in [0.3, 0.4) is 0 Å². The van der Waals surface area contributed by atoms with Gasteiger partial charge in [0.05, 0.1) is 11.4 Å². The molecule has 4 aromatic rings. The maximum atomic E-state index is 4.60. The summed E-state index contributed by atoms with van der Waals surface area (Å²) in [5.74, 6) is 0. The quantitative estimate of drug-likeness (QED) is 0.288. The summed E-state index contributed by atoms with van der Waals surface area (Å²) in [6, 6.07) is 25.4. The molecule has 0 fully saturated rings. The molecule has 0 saturated carbocycles. The van der Waals surface area contributed by atoms with E-state index in [1.807, 2.05) is 36.7 Å². The average Bonchev–Trinajstić information content (AvgIpc) is 3.75. The summed E-state index contributed by atoms with van der Waals surface area (Å²) < 4.78 is 0. The minimum Gasteiger partial charge on any atom is -0.361 e. The summed E-state index contributed by atoms with van der Waals surface area (Å²) in [4.78, 5) is 16.3. The molecule has 4 nitrogen and oxygen atoms in total. The highest BCUT2D eigenvalue weighted by Crippen LogP contribution is 2.38. The summed E-state index contributed by atoms with van der Waals surface area (Å²) in [6.07, 6.45) is 16.0. The van der Waals surface area contributed by atoms with Crippen LogP contribution in [0.2, 0.25) is 0 Å². The van der Waals surface area contributed by atoms with E-state index in [1.54, 1.807) is 0 Å². The Balaban J connectivity index is 1.38. The molecule has 0 radical (unpaired) electrons. The molecule has 0 bridgehead atoms. The fourth-order valence-electron chi connectivity index (χ4n) is 4.95. The standard InChI is InChI=1S/C33H28N4/c1-33(2,25-19-29(36-21-25)31(27-15-9-17-34-27)23-11-5-3-6-12-23)26-20-30(37-22-26)32(28-16-10-18-35-28)24-13-7-4-8-14-24/h3-22,36-37H,1-2H3/b31-27+,32-28+. The van der Waals surface area contributed by atoms with Crippen LogP contribution in [0.4, 0.5) is 0 Å². The molecule has 0 saturated heterocycles. The van der Waals surface area contributed by atoms with Crippen LogP contribution in [0, 0.1) is 0 Å². The van der Waals surface area contributed by atoms with Crippen LogP contribution in [-0.2, 0) is 5.41 Å². The molecule has 2 N–H and O–H groups in total. The van der Waals surface area contributed by atoms with Crippen LogP contribution >= 0.6 is 0 Å². The lowest BCUT2D eigenvalue weighted by molar-refractivity contribution is 0.643. The number of nitrogens with one attached hydrogen (secondary N) is 2. The highest BCUT2D eigenvalue weighted by Gasteiger charge is 2.27. The van der Waals surface area contributed by atoms with E-state index < -0.39 is 0 Å². The Kier molecular flexibility index (Phi) is 5.78. The number of aromatic nitrogens is 2. The van der Waals surface area contributed by atoms with Crippen LogP contribution in [0.5, 0.6) is 0 Å². The number of hydrogen-bond acceptors (Lipinski definition) is 2. The minimum absolute atomic E-state index is 0.230. The molecule has 0 amide bonds. The van der Waals surface area contributed by atoms with Gasteiger partial charge in [-0.2, -0.15) is 0 Å². The smallest absolute Gasteiger partial charge is 0.0729 e. The third kappa shape index (κ3) is 4.27. The van der Waals surface area contributed by atoms with Gasteiger partial charge in [0.2, 0.25) is 0 Å². The number of rotatable bonds is 6. The summed E-state index contributed by atoms with van der Waals surface area (Å²) in [7, 11) is 0. The average molecular weight is 481 g/mol. The molecule has 2 aromatic heterocycles. The Bertz CT molecular complexity index is 1470. The van der Waals surface area contributed by atoms with Crippen molar-refractivity contribution in [3.8, 4) is 0 Å². The van der Waals surface area contributed by atoms with Gasteiger partial charge in [-0.15, -0.1) is 0 Å². The van der Waals surface area contributed by atoms with Gasteiger partial charge in [-0.1, -0.05) is 74.5 Å². The molecule has 0 atom stereocenters. The zero-order chi connectivity index (χ0) is 25.2. The largest absolute Gasteiger partial charge is 0.361 e. The molecule has 0 unspecified atom stereocenters. The Labute approximate surface area is 217 Å². The second kappa shape index (κ2) is 9.40. The summed E-state index contributed by atoms with van der Waals surface area (Å²) >= 11 is 0. The van der Waals surface area contributed by atoms with E-state index in [4.69, 9.17) is 0 Å². The fraction of sp³-hybridized carbons (Fsp3) is 0.0909.